The summed E-state index contributed by atoms with van der Waals surface area (Å²) in [4.78, 5) is 27.5. The van der Waals surface area contributed by atoms with E-state index in [-0.39, 0.29) is 11.8 Å². The average molecular weight is 268 g/mol. The Bertz CT molecular complexity index is 357. The van der Waals surface area contributed by atoms with Crippen molar-refractivity contribution in [3.05, 3.63) is 0 Å². The molecule has 0 bridgehead atoms. The van der Waals surface area contributed by atoms with Crippen LogP contribution in [0.15, 0.2) is 0 Å². The van der Waals surface area contributed by atoms with Gasteiger partial charge in [0.2, 0.25) is 5.91 Å². The molecule has 108 valence electrons. The lowest BCUT2D eigenvalue weighted by atomic mass is 10.1. The van der Waals surface area contributed by atoms with Crippen molar-refractivity contribution in [1.82, 2.24) is 9.80 Å². The zero-order chi connectivity index (χ0) is 14.0. The summed E-state index contributed by atoms with van der Waals surface area (Å²) in [5, 5.41) is 9.14. The van der Waals surface area contributed by atoms with Crippen LogP contribution in [0.4, 0.5) is 0 Å². The van der Waals surface area contributed by atoms with Crippen LogP contribution in [0.5, 0.6) is 0 Å². The minimum atomic E-state index is -0.858. The molecule has 0 spiro atoms. The minimum absolute atomic E-state index is 0.00120. The lowest BCUT2D eigenvalue weighted by Gasteiger charge is -2.25. The molecule has 0 radical (unpaired) electrons. The van der Waals surface area contributed by atoms with Crippen LogP contribution in [0, 0.1) is 11.8 Å². The van der Waals surface area contributed by atoms with Gasteiger partial charge in [0.05, 0.1) is 5.92 Å². The van der Waals surface area contributed by atoms with Crippen molar-refractivity contribution in [1.29, 1.82) is 0 Å². The molecule has 2 aliphatic heterocycles. The molecular formula is C14H24N2O3. The quantitative estimate of drug-likeness (QED) is 0.827. The Morgan fingerprint density at radius 1 is 1.26 bits per heavy atom. The molecule has 5 nitrogen and oxygen atoms in total. The Kier molecular flexibility index (Phi) is 4.45. The van der Waals surface area contributed by atoms with E-state index in [0.29, 0.717) is 18.9 Å². The van der Waals surface area contributed by atoms with Gasteiger partial charge in [-0.15, -0.1) is 0 Å². The fourth-order valence-corrected chi connectivity index (χ4v) is 3.24. The van der Waals surface area contributed by atoms with E-state index in [4.69, 9.17) is 5.11 Å². The van der Waals surface area contributed by atoms with Gasteiger partial charge in [-0.05, 0) is 31.7 Å². The van der Waals surface area contributed by atoms with Crippen molar-refractivity contribution in [2.24, 2.45) is 11.8 Å². The maximum Gasteiger partial charge on any atom is 0.326 e. The number of carbonyl (C=O) groups is 2. The number of carbonyl (C=O) groups excluding carboxylic acids is 1. The van der Waals surface area contributed by atoms with Crippen molar-refractivity contribution in [2.75, 3.05) is 26.2 Å². The molecule has 2 fully saturated rings. The molecule has 0 aromatic rings. The van der Waals surface area contributed by atoms with Crippen LogP contribution in [-0.2, 0) is 9.59 Å². The highest BCUT2D eigenvalue weighted by Gasteiger charge is 2.39. The second-order valence-corrected chi connectivity index (χ2v) is 6.17. The summed E-state index contributed by atoms with van der Waals surface area (Å²) in [7, 11) is 0. The zero-order valence-electron chi connectivity index (χ0n) is 11.8. The van der Waals surface area contributed by atoms with E-state index < -0.39 is 12.0 Å². The largest absolute Gasteiger partial charge is 0.480 e. The fourth-order valence-electron chi connectivity index (χ4n) is 3.24. The predicted molar refractivity (Wildman–Crippen MR) is 71.8 cm³/mol. The Hall–Kier alpha value is -1.10. The summed E-state index contributed by atoms with van der Waals surface area (Å²) in [5.41, 5.74) is 0. The molecule has 1 N–H and O–H groups in total. The molecule has 2 heterocycles. The molecule has 5 heteroatoms. The van der Waals surface area contributed by atoms with E-state index in [1.807, 2.05) is 0 Å². The second kappa shape index (κ2) is 5.90. The van der Waals surface area contributed by atoms with Crippen LogP contribution in [0.25, 0.3) is 0 Å². The number of nitrogens with zero attached hydrogens (tertiary/aromatic N) is 2. The van der Waals surface area contributed by atoms with E-state index in [0.717, 1.165) is 32.5 Å². The highest BCUT2D eigenvalue weighted by molar-refractivity contribution is 5.86. The molecule has 1 amide bonds. The monoisotopic (exact) mass is 268 g/mol. The number of carboxylic acid groups (broad SMARTS) is 1. The van der Waals surface area contributed by atoms with Gasteiger partial charge in [-0.3, -0.25) is 4.79 Å². The number of amides is 1. The van der Waals surface area contributed by atoms with Crippen molar-refractivity contribution in [2.45, 2.75) is 39.2 Å². The minimum Gasteiger partial charge on any atom is -0.480 e. The van der Waals surface area contributed by atoms with Crippen molar-refractivity contribution in [3.8, 4) is 0 Å². The first-order chi connectivity index (χ1) is 8.99. The SMILES string of the molecule is CC(C)CN1CCC(C(=O)N2CCCC2C(=O)O)C1. The van der Waals surface area contributed by atoms with E-state index in [1.54, 1.807) is 4.90 Å². The highest BCUT2D eigenvalue weighted by Crippen LogP contribution is 2.25. The first-order valence-electron chi connectivity index (χ1n) is 7.24. The first-order valence-corrected chi connectivity index (χ1v) is 7.24. The third-order valence-corrected chi connectivity index (χ3v) is 4.07. The van der Waals surface area contributed by atoms with Gasteiger partial charge in [-0.25, -0.2) is 4.79 Å². The summed E-state index contributed by atoms with van der Waals surface area (Å²) in [6, 6.07) is -0.591. The van der Waals surface area contributed by atoms with E-state index >= 15 is 0 Å². The van der Waals surface area contributed by atoms with E-state index in [2.05, 4.69) is 18.7 Å². The maximum absolute atomic E-state index is 12.4. The third-order valence-electron chi connectivity index (χ3n) is 4.07. The van der Waals surface area contributed by atoms with Crippen molar-refractivity contribution >= 4 is 11.9 Å². The van der Waals surface area contributed by atoms with Gasteiger partial charge in [-0.2, -0.15) is 0 Å². The van der Waals surface area contributed by atoms with Crippen LogP contribution in [0.1, 0.15) is 33.1 Å². The van der Waals surface area contributed by atoms with Crippen molar-refractivity contribution < 1.29 is 14.7 Å². The van der Waals surface area contributed by atoms with Gasteiger partial charge in [0.15, 0.2) is 0 Å². The van der Waals surface area contributed by atoms with Gasteiger partial charge in [-0.1, -0.05) is 13.8 Å². The number of hydrogen-bond donors (Lipinski definition) is 1. The normalized spacial score (nSPS) is 28.3. The number of hydrogen-bond acceptors (Lipinski definition) is 3. The highest BCUT2D eigenvalue weighted by atomic mass is 16.4. The van der Waals surface area contributed by atoms with Crippen molar-refractivity contribution in [3.63, 3.8) is 0 Å². The van der Waals surface area contributed by atoms with Crippen LogP contribution < -0.4 is 0 Å². The average Bonchev–Trinajstić information content (AvgIpc) is 2.94. The Balaban J connectivity index is 1.92. The molecule has 2 atom stereocenters. The van der Waals surface area contributed by atoms with Gasteiger partial charge in [0.1, 0.15) is 6.04 Å². The summed E-state index contributed by atoms with van der Waals surface area (Å²) >= 11 is 0. The van der Waals surface area contributed by atoms with Gasteiger partial charge in [0, 0.05) is 19.6 Å². The topological polar surface area (TPSA) is 60.9 Å². The van der Waals surface area contributed by atoms with Crippen LogP contribution in [0.3, 0.4) is 0 Å². The van der Waals surface area contributed by atoms with Crippen LogP contribution >= 0.6 is 0 Å². The Labute approximate surface area is 114 Å². The lowest BCUT2D eigenvalue weighted by molar-refractivity contribution is -0.149. The summed E-state index contributed by atoms with van der Waals surface area (Å²) in [5.74, 6) is -0.204. The summed E-state index contributed by atoms with van der Waals surface area (Å²) in [6.07, 6.45) is 2.28. The fraction of sp³-hybridized carbons (Fsp3) is 0.857. The van der Waals surface area contributed by atoms with Crippen LogP contribution in [-0.4, -0.2) is 59.0 Å². The van der Waals surface area contributed by atoms with Gasteiger partial charge >= 0.3 is 5.97 Å². The van der Waals surface area contributed by atoms with Gasteiger partial charge < -0.3 is 14.9 Å². The summed E-state index contributed by atoms with van der Waals surface area (Å²) in [6.45, 7) is 7.73. The molecule has 0 aromatic carbocycles. The Morgan fingerprint density at radius 3 is 2.63 bits per heavy atom. The molecule has 2 unspecified atom stereocenters. The molecule has 0 aliphatic carbocycles. The number of likely N-dealkylation sites (tertiary alicyclic amines) is 2. The smallest absolute Gasteiger partial charge is 0.326 e. The molecule has 2 aliphatic rings. The Morgan fingerprint density at radius 2 is 2.00 bits per heavy atom. The number of rotatable bonds is 4. The first kappa shape index (κ1) is 14.3. The molecule has 2 saturated heterocycles. The lowest BCUT2D eigenvalue weighted by Crippen LogP contribution is -2.44. The maximum atomic E-state index is 12.4. The van der Waals surface area contributed by atoms with Crippen LogP contribution in [0.2, 0.25) is 0 Å². The second-order valence-electron chi connectivity index (χ2n) is 6.17. The molecule has 0 saturated carbocycles. The summed E-state index contributed by atoms with van der Waals surface area (Å²) < 4.78 is 0. The predicted octanol–water partition coefficient (Wildman–Crippen LogP) is 1.04. The molecule has 19 heavy (non-hydrogen) atoms. The van der Waals surface area contributed by atoms with E-state index in [1.165, 1.54) is 0 Å². The zero-order valence-corrected chi connectivity index (χ0v) is 11.8. The molecule has 0 aromatic heterocycles. The molecule has 2 rings (SSSR count). The van der Waals surface area contributed by atoms with E-state index in [9.17, 15) is 9.59 Å². The molecular weight excluding hydrogens is 244 g/mol. The standard InChI is InChI=1S/C14H24N2O3/c1-10(2)8-15-7-5-11(9-15)13(17)16-6-3-4-12(16)14(18)19/h10-12H,3-9H2,1-2H3,(H,18,19). The number of aliphatic carboxylic acids is 1. The number of carboxylic acids is 1. The third kappa shape index (κ3) is 3.26. The van der Waals surface area contributed by atoms with Gasteiger partial charge in [0.25, 0.3) is 0 Å².